The van der Waals surface area contributed by atoms with E-state index in [0.717, 1.165) is 37.8 Å². The zero-order chi connectivity index (χ0) is 18.7. The van der Waals surface area contributed by atoms with Gasteiger partial charge in [-0.15, -0.1) is 0 Å². The number of phenolic OH excluding ortho intramolecular Hbond substituents is 1. The van der Waals surface area contributed by atoms with E-state index < -0.39 is 22.6 Å². The first-order chi connectivity index (χ1) is 12.4. The molecule has 26 heavy (non-hydrogen) atoms. The number of benzene rings is 1. The maximum Gasteiger partial charge on any atom is 0.342 e. The van der Waals surface area contributed by atoms with Gasteiger partial charge in [-0.2, -0.15) is 4.31 Å². The van der Waals surface area contributed by atoms with Gasteiger partial charge < -0.3 is 14.7 Å². The van der Waals surface area contributed by atoms with Crippen molar-refractivity contribution >= 4 is 21.9 Å². The second kappa shape index (κ2) is 7.63. The van der Waals surface area contributed by atoms with Crippen LogP contribution in [0.1, 0.15) is 36.0 Å². The molecule has 0 aromatic heterocycles. The summed E-state index contributed by atoms with van der Waals surface area (Å²) in [4.78, 5) is 25.7. The highest BCUT2D eigenvalue weighted by atomic mass is 32.2. The summed E-state index contributed by atoms with van der Waals surface area (Å²) >= 11 is 0. The summed E-state index contributed by atoms with van der Waals surface area (Å²) in [6.07, 6.45) is 3.45. The third kappa shape index (κ3) is 3.83. The summed E-state index contributed by atoms with van der Waals surface area (Å²) in [5, 5.41) is 9.91. The van der Waals surface area contributed by atoms with Crippen LogP contribution in [-0.2, 0) is 19.6 Å². The molecule has 142 valence electrons. The van der Waals surface area contributed by atoms with Crippen molar-refractivity contribution in [1.82, 2.24) is 9.21 Å². The van der Waals surface area contributed by atoms with Crippen LogP contribution in [0, 0.1) is 0 Å². The first-order valence-corrected chi connectivity index (χ1v) is 10.1. The Hall–Kier alpha value is -2.13. The van der Waals surface area contributed by atoms with Crippen molar-refractivity contribution in [3.8, 4) is 5.75 Å². The van der Waals surface area contributed by atoms with Crippen molar-refractivity contribution in [2.24, 2.45) is 0 Å². The topological polar surface area (TPSA) is 104 Å². The lowest BCUT2D eigenvalue weighted by Gasteiger charge is -2.17. The smallest absolute Gasteiger partial charge is 0.342 e. The van der Waals surface area contributed by atoms with E-state index in [0.29, 0.717) is 26.2 Å². The van der Waals surface area contributed by atoms with Crippen LogP contribution in [0.2, 0.25) is 0 Å². The van der Waals surface area contributed by atoms with Gasteiger partial charge in [0, 0.05) is 26.2 Å². The zero-order valence-electron chi connectivity index (χ0n) is 14.4. The molecule has 2 heterocycles. The number of phenols is 1. The number of likely N-dealkylation sites (tertiary alicyclic amines) is 1. The highest BCUT2D eigenvalue weighted by molar-refractivity contribution is 7.89. The number of carbonyl (C=O) groups excluding carboxylic acids is 2. The summed E-state index contributed by atoms with van der Waals surface area (Å²) in [5.74, 6) is -1.60. The Balaban J connectivity index is 1.72. The van der Waals surface area contributed by atoms with Gasteiger partial charge in [-0.3, -0.25) is 4.79 Å². The quantitative estimate of drug-likeness (QED) is 0.761. The van der Waals surface area contributed by atoms with E-state index in [4.69, 9.17) is 4.74 Å². The maximum atomic E-state index is 12.6. The number of ether oxygens (including phenoxy) is 1. The van der Waals surface area contributed by atoms with Crippen molar-refractivity contribution in [1.29, 1.82) is 0 Å². The molecule has 2 aliphatic heterocycles. The minimum atomic E-state index is -3.72. The van der Waals surface area contributed by atoms with E-state index >= 15 is 0 Å². The van der Waals surface area contributed by atoms with Gasteiger partial charge >= 0.3 is 5.97 Å². The van der Waals surface area contributed by atoms with Gasteiger partial charge in [0.2, 0.25) is 10.0 Å². The predicted molar refractivity (Wildman–Crippen MR) is 92.2 cm³/mol. The lowest BCUT2D eigenvalue weighted by atomic mass is 10.2. The van der Waals surface area contributed by atoms with Gasteiger partial charge in [-0.25, -0.2) is 13.2 Å². The van der Waals surface area contributed by atoms with Gasteiger partial charge in [0.1, 0.15) is 11.3 Å². The minimum Gasteiger partial charge on any atom is -0.507 e. The monoisotopic (exact) mass is 382 g/mol. The largest absolute Gasteiger partial charge is 0.507 e. The second-order valence-electron chi connectivity index (χ2n) is 6.45. The van der Waals surface area contributed by atoms with E-state index in [1.165, 1.54) is 10.4 Å². The molecule has 1 amide bonds. The summed E-state index contributed by atoms with van der Waals surface area (Å²) < 4.78 is 31.5. The van der Waals surface area contributed by atoms with Crippen LogP contribution >= 0.6 is 0 Å². The summed E-state index contributed by atoms with van der Waals surface area (Å²) in [5.41, 5.74) is -0.264. The Labute approximate surface area is 152 Å². The average molecular weight is 382 g/mol. The number of rotatable bonds is 5. The Morgan fingerprint density at radius 3 is 2.31 bits per heavy atom. The Morgan fingerprint density at radius 1 is 1.04 bits per heavy atom. The third-order valence-electron chi connectivity index (χ3n) is 4.68. The Bertz CT molecular complexity index is 795. The molecule has 3 rings (SSSR count). The lowest BCUT2D eigenvalue weighted by molar-refractivity contribution is -0.133. The normalized spacial score (nSPS) is 18.2. The predicted octanol–water partition coefficient (Wildman–Crippen LogP) is 0.956. The molecule has 1 N–H and O–H groups in total. The van der Waals surface area contributed by atoms with Crippen molar-refractivity contribution < 1.29 is 27.9 Å². The van der Waals surface area contributed by atoms with Gasteiger partial charge in [-0.05, 0) is 43.9 Å². The number of aromatic hydroxyl groups is 1. The molecule has 0 spiro atoms. The van der Waals surface area contributed by atoms with Gasteiger partial charge in [0.15, 0.2) is 6.61 Å². The Kier molecular flexibility index (Phi) is 5.47. The Morgan fingerprint density at radius 2 is 1.65 bits per heavy atom. The van der Waals surface area contributed by atoms with Crippen LogP contribution in [0.4, 0.5) is 0 Å². The molecule has 9 heteroatoms. The number of nitrogens with zero attached hydrogens (tertiary/aromatic N) is 2. The van der Waals surface area contributed by atoms with Crippen LogP contribution < -0.4 is 0 Å². The van der Waals surface area contributed by atoms with E-state index in [-0.39, 0.29) is 22.1 Å². The van der Waals surface area contributed by atoms with E-state index in [1.54, 1.807) is 4.90 Å². The molecule has 0 atom stereocenters. The number of hydrogen-bond donors (Lipinski definition) is 1. The highest BCUT2D eigenvalue weighted by Gasteiger charge is 2.29. The van der Waals surface area contributed by atoms with Crippen LogP contribution in [0.15, 0.2) is 23.1 Å². The van der Waals surface area contributed by atoms with E-state index in [2.05, 4.69) is 0 Å². The van der Waals surface area contributed by atoms with Crippen LogP contribution in [0.25, 0.3) is 0 Å². The molecule has 2 saturated heterocycles. The second-order valence-corrected chi connectivity index (χ2v) is 8.39. The molecule has 0 unspecified atom stereocenters. The van der Waals surface area contributed by atoms with Gasteiger partial charge in [-0.1, -0.05) is 0 Å². The SMILES string of the molecule is O=C(OCC(=O)N1CCCC1)c1cc(S(=O)(=O)N2CCCC2)ccc1O. The lowest BCUT2D eigenvalue weighted by Crippen LogP contribution is -2.32. The average Bonchev–Trinajstić information content (AvgIpc) is 3.33. The van der Waals surface area contributed by atoms with E-state index in [9.17, 15) is 23.1 Å². The van der Waals surface area contributed by atoms with Crippen LogP contribution in [0.3, 0.4) is 0 Å². The fraction of sp³-hybridized carbons (Fsp3) is 0.529. The van der Waals surface area contributed by atoms with Crippen molar-refractivity contribution in [2.75, 3.05) is 32.8 Å². The number of amides is 1. The fourth-order valence-electron chi connectivity index (χ4n) is 3.18. The zero-order valence-corrected chi connectivity index (χ0v) is 15.2. The third-order valence-corrected chi connectivity index (χ3v) is 6.57. The molecule has 2 aliphatic rings. The first-order valence-electron chi connectivity index (χ1n) is 8.67. The summed E-state index contributed by atoms with van der Waals surface area (Å²) in [7, 11) is -3.72. The standard InChI is InChI=1S/C17H22N2O6S/c20-15-6-5-13(26(23,24)19-9-3-4-10-19)11-14(15)17(22)25-12-16(21)18-7-1-2-8-18/h5-6,11,20H,1-4,7-10,12H2. The molecule has 0 aliphatic carbocycles. The molecule has 0 saturated carbocycles. The number of sulfonamides is 1. The number of carbonyl (C=O) groups is 2. The first kappa shape index (κ1) is 18.7. The number of hydrogen-bond acceptors (Lipinski definition) is 6. The van der Waals surface area contributed by atoms with Crippen LogP contribution in [-0.4, -0.2) is 67.4 Å². The van der Waals surface area contributed by atoms with Crippen molar-refractivity contribution in [3.05, 3.63) is 23.8 Å². The molecule has 0 bridgehead atoms. The van der Waals surface area contributed by atoms with E-state index in [1.807, 2.05) is 0 Å². The highest BCUT2D eigenvalue weighted by Crippen LogP contribution is 2.26. The molecule has 1 aromatic rings. The summed E-state index contributed by atoms with van der Waals surface area (Å²) in [6, 6.07) is 3.52. The number of esters is 1. The summed E-state index contributed by atoms with van der Waals surface area (Å²) in [6.45, 7) is 1.73. The van der Waals surface area contributed by atoms with Gasteiger partial charge in [0.25, 0.3) is 5.91 Å². The molecule has 8 nitrogen and oxygen atoms in total. The molecule has 1 aromatic carbocycles. The molecule has 2 fully saturated rings. The minimum absolute atomic E-state index is 0.0741. The molecule has 0 radical (unpaired) electrons. The van der Waals surface area contributed by atoms with Crippen molar-refractivity contribution in [3.63, 3.8) is 0 Å². The van der Waals surface area contributed by atoms with Crippen molar-refractivity contribution in [2.45, 2.75) is 30.6 Å². The van der Waals surface area contributed by atoms with Gasteiger partial charge in [0.05, 0.1) is 4.90 Å². The maximum absolute atomic E-state index is 12.6. The molecular formula is C17H22N2O6S. The fourth-order valence-corrected chi connectivity index (χ4v) is 4.72. The van der Waals surface area contributed by atoms with Crippen LogP contribution in [0.5, 0.6) is 5.75 Å². The molecular weight excluding hydrogens is 360 g/mol.